The average molecular weight is 303 g/mol. The summed E-state index contributed by atoms with van der Waals surface area (Å²) in [5.74, 6) is -1.63. The van der Waals surface area contributed by atoms with Gasteiger partial charge in [-0.2, -0.15) is 13.2 Å². The summed E-state index contributed by atoms with van der Waals surface area (Å²) in [4.78, 5) is 15.4. The molecule has 1 aromatic heterocycles. The second kappa shape index (κ2) is 4.94. The minimum absolute atomic E-state index is 0.0802. The molecule has 2 fully saturated rings. The molecule has 4 nitrogen and oxygen atoms in total. The highest BCUT2D eigenvalue weighted by Gasteiger charge is 2.40. The summed E-state index contributed by atoms with van der Waals surface area (Å²) < 4.78 is 50.7. The van der Waals surface area contributed by atoms with Gasteiger partial charge in [-0.15, -0.1) is 0 Å². The molecule has 3 rings (SSSR count). The van der Waals surface area contributed by atoms with Gasteiger partial charge < -0.3 is 10.6 Å². The van der Waals surface area contributed by atoms with Crippen molar-refractivity contribution in [1.82, 2.24) is 15.6 Å². The number of hydrogen-bond donors (Lipinski definition) is 2. The average Bonchev–Trinajstić information content (AvgIpc) is 2.99. The van der Waals surface area contributed by atoms with Gasteiger partial charge in [-0.3, -0.25) is 9.78 Å². The zero-order valence-corrected chi connectivity index (χ0v) is 10.9. The van der Waals surface area contributed by atoms with E-state index in [2.05, 4.69) is 15.6 Å². The van der Waals surface area contributed by atoms with Crippen molar-refractivity contribution in [2.75, 3.05) is 6.54 Å². The monoisotopic (exact) mass is 303 g/mol. The molecule has 3 unspecified atom stereocenters. The van der Waals surface area contributed by atoms with Crippen molar-refractivity contribution < 1.29 is 22.4 Å². The van der Waals surface area contributed by atoms with Crippen LogP contribution in [0.25, 0.3) is 0 Å². The van der Waals surface area contributed by atoms with E-state index in [0.717, 1.165) is 19.4 Å². The SMILES string of the molecule is O=C(NC1CC2CNC1C2)c1cc(F)c(C(F)(F)F)cn1. The van der Waals surface area contributed by atoms with E-state index < -0.39 is 23.5 Å². The zero-order chi connectivity index (χ0) is 15.2. The summed E-state index contributed by atoms with van der Waals surface area (Å²) in [6, 6.07) is 0.625. The topological polar surface area (TPSA) is 54.0 Å². The number of fused-ring (bicyclic) bond motifs is 2. The van der Waals surface area contributed by atoms with Crippen LogP contribution in [-0.4, -0.2) is 29.5 Å². The molecule has 3 atom stereocenters. The van der Waals surface area contributed by atoms with Crippen LogP contribution < -0.4 is 10.6 Å². The Morgan fingerprint density at radius 2 is 2.14 bits per heavy atom. The number of amides is 1. The first-order valence-corrected chi connectivity index (χ1v) is 6.61. The van der Waals surface area contributed by atoms with Crippen LogP contribution >= 0.6 is 0 Å². The van der Waals surface area contributed by atoms with Crippen molar-refractivity contribution >= 4 is 5.91 Å². The second-order valence-electron chi connectivity index (χ2n) is 5.48. The Bertz CT molecular complexity index is 575. The molecule has 0 spiro atoms. The summed E-state index contributed by atoms with van der Waals surface area (Å²) >= 11 is 0. The number of halogens is 4. The number of carbonyl (C=O) groups excluding carboxylic acids is 1. The highest BCUT2D eigenvalue weighted by Crippen LogP contribution is 2.32. The third-order valence-corrected chi connectivity index (χ3v) is 4.04. The molecule has 2 bridgehead atoms. The van der Waals surface area contributed by atoms with Crippen LogP contribution in [0, 0.1) is 11.7 Å². The Hall–Kier alpha value is -1.70. The Balaban J connectivity index is 1.72. The highest BCUT2D eigenvalue weighted by molar-refractivity contribution is 5.92. The van der Waals surface area contributed by atoms with Gasteiger partial charge in [-0.25, -0.2) is 4.39 Å². The van der Waals surface area contributed by atoms with E-state index in [0.29, 0.717) is 18.2 Å². The van der Waals surface area contributed by atoms with Crippen LogP contribution in [0.4, 0.5) is 17.6 Å². The quantitative estimate of drug-likeness (QED) is 0.818. The van der Waals surface area contributed by atoms with Gasteiger partial charge in [0.05, 0.1) is 0 Å². The van der Waals surface area contributed by atoms with Gasteiger partial charge in [0.2, 0.25) is 0 Å². The Labute approximate surface area is 117 Å². The lowest BCUT2D eigenvalue weighted by Crippen LogP contribution is -2.48. The van der Waals surface area contributed by atoms with Crippen LogP contribution in [0.2, 0.25) is 0 Å². The van der Waals surface area contributed by atoms with Crippen LogP contribution in [0.1, 0.15) is 28.9 Å². The standard InChI is InChI=1S/C13H13F4N3O/c14-8-3-11(19-5-7(8)13(15,16)17)12(21)20-10-2-6-1-9(10)18-4-6/h3,5-6,9-10,18H,1-2,4H2,(H,20,21). The molecule has 1 aliphatic heterocycles. The molecule has 21 heavy (non-hydrogen) atoms. The number of piperidine rings is 1. The summed E-state index contributed by atoms with van der Waals surface area (Å²) in [5, 5.41) is 5.95. The van der Waals surface area contributed by atoms with Gasteiger partial charge in [0.25, 0.3) is 5.91 Å². The summed E-state index contributed by atoms with van der Waals surface area (Å²) in [7, 11) is 0. The van der Waals surface area contributed by atoms with E-state index in [1.807, 2.05) is 0 Å². The molecular weight excluding hydrogens is 290 g/mol. The van der Waals surface area contributed by atoms with Crippen molar-refractivity contribution in [2.45, 2.75) is 31.1 Å². The van der Waals surface area contributed by atoms with E-state index in [1.165, 1.54) is 0 Å². The van der Waals surface area contributed by atoms with Crippen molar-refractivity contribution in [2.24, 2.45) is 5.92 Å². The molecule has 2 N–H and O–H groups in total. The Kier molecular flexibility index (Phi) is 3.35. The minimum Gasteiger partial charge on any atom is -0.346 e. The maximum Gasteiger partial charge on any atom is 0.420 e. The molecule has 1 saturated carbocycles. The predicted molar refractivity (Wildman–Crippen MR) is 65.0 cm³/mol. The smallest absolute Gasteiger partial charge is 0.346 e. The van der Waals surface area contributed by atoms with Crippen molar-refractivity contribution in [3.05, 3.63) is 29.3 Å². The summed E-state index contributed by atoms with van der Waals surface area (Å²) in [5.41, 5.74) is -1.82. The van der Waals surface area contributed by atoms with Crippen LogP contribution in [0.5, 0.6) is 0 Å². The summed E-state index contributed by atoms with van der Waals surface area (Å²) in [6.45, 7) is 0.921. The van der Waals surface area contributed by atoms with E-state index in [-0.39, 0.29) is 17.8 Å². The first-order valence-electron chi connectivity index (χ1n) is 6.61. The number of aromatic nitrogens is 1. The van der Waals surface area contributed by atoms with Gasteiger partial charge in [-0.05, 0) is 25.3 Å². The first kappa shape index (κ1) is 14.2. The number of pyridine rings is 1. The zero-order valence-electron chi connectivity index (χ0n) is 10.9. The number of carbonyl (C=O) groups is 1. The van der Waals surface area contributed by atoms with Crippen LogP contribution in [0.3, 0.4) is 0 Å². The van der Waals surface area contributed by atoms with Crippen LogP contribution in [-0.2, 0) is 6.18 Å². The fourth-order valence-corrected chi connectivity index (χ4v) is 3.02. The van der Waals surface area contributed by atoms with Gasteiger partial charge >= 0.3 is 6.18 Å². The van der Waals surface area contributed by atoms with Crippen molar-refractivity contribution in [3.63, 3.8) is 0 Å². The molecule has 1 aliphatic carbocycles. The minimum atomic E-state index is -4.82. The van der Waals surface area contributed by atoms with E-state index in [1.54, 1.807) is 0 Å². The normalized spacial score (nSPS) is 27.9. The van der Waals surface area contributed by atoms with Gasteiger partial charge in [0, 0.05) is 24.3 Å². The molecule has 1 amide bonds. The predicted octanol–water partition coefficient (Wildman–Crippen LogP) is 1.72. The van der Waals surface area contributed by atoms with E-state index in [9.17, 15) is 22.4 Å². The number of nitrogens with zero attached hydrogens (tertiary/aromatic N) is 1. The van der Waals surface area contributed by atoms with E-state index in [4.69, 9.17) is 0 Å². The fraction of sp³-hybridized carbons (Fsp3) is 0.538. The van der Waals surface area contributed by atoms with Gasteiger partial charge in [0.1, 0.15) is 17.1 Å². The molecule has 1 saturated heterocycles. The first-order chi connectivity index (χ1) is 9.84. The number of hydrogen-bond acceptors (Lipinski definition) is 3. The van der Waals surface area contributed by atoms with Crippen molar-refractivity contribution in [3.8, 4) is 0 Å². The Morgan fingerprint density at radius 3 is 2.67 bits per heavy atom. The molecular formula is C13H13F4N3O. The maximum absolute atomic E-state index is 13.4. The molecule has 1 aromatic rings. The van der Waals surface area contributed by atoms with Gasteiger partial charge in [0.15, 0.2) is 0 Å². The second-order valence-corrected chi connectivity index (χ2v) is 5.48. The molecule has 2 aliphatic rings. The lowest BCUT2D eigenvalue weighted by molar-refractivity contribution is -0.140. The molecule has 0 radical (unpaired) electrons. The van der Waals surface area contributed by atoms with Gasteiger partial charge in [-0.1, -0.05) is 0 Å². The third kappa shape index (κ3) is 2.72. The largest absolute Gasteiger partial charge is 0.420 e. The molecule has 0 aromatic carbocycles. The maximum atomic E-state index is 13.4. The lowest BCUT2D eigenvalue weighted by Gasteiger charge is -2.23. The molecule has 114 valence electrons. The number of nitrogens with one attached hydrogen (secondary N) is 2. The number of rotatable bonds is 2. The highest BCUT2D eigenvalue weighted by atomic mass is 19.4. The number of alkyl halides is 3. The van der Waals surface area contributed by atoms with Crippen molar-refractivity contribution in [1.29, 1.82) is 0 Å². The third-order valence-electron chi connectivity index (χ3n) is 4.04. The van der Waals surface area contributed by atoms with E-state index >= 15 is 0 Å². The van der Waals surface area contributed by atoms with Crippen LogP contribution in [0.15, 0.2) is 12.3 Å². The fourth-order valence-electron chi connectivity index (χ4n) is 3.02. The Morgan fingerprint density at radius 1 is 1.38 bits per heavy atom. The molecule has 8 heteroatoms. The molecule has 2 heterocycles. The summed E-state index contributed by atoms with van der Waals surface area (Å²) in [6.07, 6.45) is -2.67. The lowest BCUT2D eigenvalue weighted by atomic mass is 10.1.